The molecule has 0 saturated heterocycles. The van der Waals surface area contributed by atoms with Crippen LogP contribution >= 0.6 is 23.4 Å². The summed E-state index contributed by atoms with van der Waals surface area (Å²) in [5.41, 5.74) is 2.06. The number of benzene rings is 2. The van der Waals surface area contributed by atoms with E-state index in [1.54, 1.807) is 19.1 Å². The van der Waals surface area contributed by atoms with Crippen molar-refractivity contribution in [2.75, 3.05) is 16.4 Å². The van der Waals surface area contributed by atoms with Crippen molar-refractivity contribution in [1.29, 1.82) is 0 Å². The average molecular weight is 381 g/mol. The topological polar surface area (TPSA) is 58.2 Å². The third-order valence-corrected chi connectivity index (χ3v) is 4.95. The molecule has 4 nitrogen and oxygen atoms in total. The number of rotatable bonds is 6. The molecule has 2 rings (SSSR count). The summed E-state index contributed by atoms with van der Waals surface area (Å²) in [5.74, 6) is -0.719. The molecule has 0 fully saturated rings. The van der Waals surface area contributed by atoms with E-state index in [1.807, 2.05) is 13.0 Å². The zero-order chi connectivity index (χ0) is 18.4. The monoisotopic (exact) mass is 380 g/mol. The van der Waals surface area contributed by atoms with Gasteiger partial charge in [-0.25, -0.2) is 4.39 Å². The van der Waals surface area contributed by atoms with Gasteiger partial charge >= 0.3 is 0 Å². The number of halogens is 2. The number of aryl methyl sites for hydroxylation is 1. The number of amides is 2. The van der Waals surface area contributed by atoms with E-state index in [0.29, 0.717) is 16.4 Å². The Labute approximate surface area is 155 Å². The lowest BCUT2D eigenvalue weighted by Gasteiger charge is -2.13. The molecular formula is C18H18ClFN2O2S. The molecule has 0 saturated carbocycles. The first-order chi connectivity index (χ1) is 11.8. The molecule has 132 valence electrons. The summed E-state index contributed by atoms with van der Waals surface area (Å²) >= 11 is 7.24. The summed E-state index contributed by atoms with van der Waals surface area (Å²) in [7, 11) is 0. The molecule has 1 atom stereocenters. The van der Waals surface area contributed by atoms with Crippen molar-refractivity contribution in [2.45, 2.75) is 19.1 Å². The predicted octanol–water partition coefficient (Wildman–Crippen LogP) is 4.49. The van der Waals surface area contributed by atoms with E-state index in [4.69, 9.17) is 11.6 Å². The normalized spacial score (nSPS) is 11.7. The second-order valence-electron chi connectivity index (χ2n) is 5.46. The van der Waals surface area contributed by atoms with Gasteiger partial charge in [0.15, 0.2) is 0 Å². The second kappa shape index (κ2) is 8.87. The Kier molecular flexibility index (Phi) is 6.84. The number of nitrogens with one attached hydrogen (secondary N) is 2. The minimum Gasteiger partial charge on any atom is -0.325 e. The van der Waals surface area contributed by atoms with Gasteiger partial charge in [0.1, 0.15) is 5.82 Å². The summed E-state index contributed by atoms with van der Waals surface area (Å²) in [4.78, 5) is 24.1. The molecular weight excluding hydrogens is 363 g/mol. The lowest BCUT2D eigenvalue weighted by molar-refractivity contribution is -0.115. The van der Waals surface area contributed by atoms with Crippen molar-refractivity contribution in [3.05, 3.63) is 58.9 Å². The van der Waals surface area contributed by atoms with Crippen LogP contribution in [0, 0.1) is 12.7 Å². The zero-order valence-electron chi connectivity index (χ0n) is 13.8. The Morgan fingerprint density at radius 3 is 2.40 bits per heavy atom. The van der Waals surface area contributed by atoms with E-state index in [9.17, 15) is 14.0 Å². The van der Waals surface area contributed by atoms with Crippen molar-refractivity contribution in [3.8, 4) is 0 Å². The highest BCUT2D eigenvalue weighted by molar-refractivity contribution is 8.01. The molecule has 2 N–H and O–H groups in total. The fraction of sp³-hybridized carbons (Fsp3) is 0.222. The van der Waals surface area contributed by atoms with Crippen LogP contribution in [0.3, 0.4) is 0 Å². The molecule has 0 aromatic heterocycles. The molecule has 2 aromatic carbocycles. The van der Waals surface area contributed by atoms with Gasteiger partial charge in [-0.15, -0.1) is 11.8 Å². The molecule has 0 heterocycles. The third-order valence-electron chi connectivity index (χ3n) is 3.40. The van der Waals surface area contributed by atoms with Crippen LogP contribution in [0.4, 0.5) is 15.8 Å². The molecule has 0 aliphatic carbocycles. The Morgan fingerprint density at radius 2 is 1.76 bits per heavy atom. The van der Waals surface area contributed by atoms with Gasteiger partial charge in [0.25, 0.3) is 0 Å². The first kappa shape index (κ1) is 19.3. The lowest BCUT2D eigenvalue weighted by Crippen LogP contribution is -2.25. The predicted molar refractivity (Wildman–Crippen MR) is 102 cm³/mol. The van der Waals surface area contributed by atoms with Gasteiger partial charge in [-0.05, 0) is 55.8 Å². The first-order valence-corrected chi connectivity index (χ1v) is 9.02. The van der Waals surface area contributed by atoms with Crippen LogP contribution in [0.1, 0.15) is 12.5 Å². The van der Waals surface area contributed by atoms with Gasteiger partial charge < -0.3 is 10.6 Å². The number of anilines is 2. The lowest BCUT2D eigenvalue weighted by atomic mass is 10.2. The van der Waals surface area contributed by atoms with Gasteiger partial charge in [-0.1, -0.05) is 17.7 Å². The van der Waals surface area contributed by atoms with Crippen molar-refractivity contribution in [3.63, 3.8) is 0 Å². The highest BCUT2D eigenvalue weighted by Crippen LogP contribution is 2.21. The molecule has 7 heteroatoms. The maximum atomic E-state index is 12.8. The smallest absolute Gasteiger partial charge is 0.237 e. The molecule has 0 bridgehead atoms. The number of hydrogen-bond donors (Lipinski definition) is 2. The van der Waals surface area contributed by atoms with Gasteiger partial charge in [-0.2, -0.15) is 0 Å². The van der Waals surface area contributed by atoms with Crippen LogP contribution in [0.15, 0.2) is 42.5 Å². The van der Waals surface area contributed by atoms with E-state index < -0.39 is 5.25 Å². The Bertz CT molecular complexity index is 768. The van der Waals surface area contributed by atoms with Crippen molar-refractivity contribution < 1.29 is 14.0 Å². The maximum absolute atomic E-state index is 12.8. The summed E-state index contributed by atoms with van der Waals surface area (Å²) < 4.78 is 12.8. The summed E-state index contributed by atoms with van der Waals surface area (Å²) in [6, 6.07) is 10.8. The van der Waals surface area contributed by atoms with E-state index in [0.717, 1.165) is 5.56 Å². The van der Waals surface area contributed by atoms with Crippen LogP contribution in [0.2, 0.25) is 5.02 Å². The van der Waals surface area contributed by atoms with Crippen LogP contribution in [0.5, 0.6) is 0 Å². The van der Waals surface area contributed by atoms with Gasteiger partial charge in [0, 0.05) is 16.4 Å². The van der Waals surface area contributed by atoms with Crippen LogP contribution in [-0.2, 0) is 9.59 Å². The number of thioether (sulfide) groups is 1. The van der Waals surface area contributed by atoms with E-state index in [1.165, 1.54) is 36.0 Å². The molecule has 0 aliphatic rings. The maximum Gasteiger partial charge on any atom is 0.237 e. The number of carbonyl (C=O) groups excluding carboxylic acids is 2. The minimum atomic E-state index is -0.418. The van der Waals surface area contributed by atoms with Crippen molar-refractivity contribution >= 4 is 46.6 Å². The largest absolute Gasteiger partial charge is 0.325 e. The summed E-state index contributed by atoms with van der Waals surface area (Å²) in [6.07, 6.45) is 0. The van der Waals surface area contributed by atoms with Crippen molar-refractivity contribution in [2.24, 2.45) is 0 Å². The van der Waals surface area contributed by atoms with Crippen LogP contribution in [-0.4, -0.2) is 22.8 Å². The van der Waals surface area contributed by atoms with Crippen LogP contribution < -0.4 is 10.6 Å². The number of carbonyl (C=O) groups is 2. The fourth-order valence-corrected chi connectivity index (χ4v) is 2.79. The Hall–Kier alpha value is -2.05. The molecule has 0 aliphatic heterocycles. The molecule has 25 heavy (non-hydrogen) atoms. The first-order valence-electron chi connectivity index (χ1n) is 7.59. The summed E-state index contributed by atoms with van der Waals surface area (Å²) in [5, 5.41) is 5.59. The number of hydrogen-bond acceptors (Lipinski definition) is 3. The molecule has 0 spiro atoms. The second-order valence-corrected chi connectivity index (χ2v) is 7.20. The molecule has 0 unspecified atom stereocenters. The van der Waals surface area contributed by atoms with E-state index >= 15 is 0 Å². The van der Waals surface area contributed by atoms with Crippen molar-refractivity contribution in [1.82, 2.24) is 0 Å². The highest BCUT2D eigenvalue weighted by atomic mass is 35.5. The Morgan fingerprint density at radius 1 is 1.12 bits per heavy atom. The summed E-state index contributed by atoms with van der Waals surface area (Å²) in [6.45, 7) is 3.60. The quantitative estimate of drug-likeness (QED) is 0.776. The third kappa shape index (κ3) is 6.07. The molecule has 2 aromatic rings. The fourth-order valence-electron chi connectivity index (χ4n) is 1.92. The molecule has 2 amide bonds. The van der Waals surface area contributed by atoms with E-state index in [2.05, 4.69) is 10.6 Å². The zero-order valence-corrected chi connectivity index (χ0v) is 15.4. The van der Waals surface area contributed by atoms with Gasteiger partial charge in [0.2, 0.25) is 11.8 Å². The Balaban J connectivity index is 1.81. The van der Waals surface area contributed by atoms with Gasteiger partial charge in [0.05, 0.1) is 11.0 Å². The minimum absolute atomic E-state index is 0.112. The van der Waals surface area contributed by atoms with Crippen LogP contribution in [0.25, 0.3) is 0 Å². The van der Waals surface area contributed by atoms with E-state index in [-0.39, 0.29) is 23.4 Å². The van der Waals surface area contributed by atoms with Gasteiger partial charge in [-0.3, -0.25) is 9.59 Å². The molecule has 0 radical (unpaired) electrons. The highest BCUT2D eigenvalue weighted by Gasteiger charge is 2.16. The average Bonchev–Trinajstić information content (AvgIpc) is 2.58. The standard InChI is InChI=1S/C18H18ClFN2O2S/c1-11-3-6-15(9-16(11)19)22-18(24)12(2)25-10-17(23)21-14-7-4-13(20)5-8-14/h3-9,12H,10H2,1-2H3,(H,21,23)(H,22,24)/t12-/m0/s1. The SMILES string of the molecule is Cc1ccc(NC(=O)[C@H](C)SCC(=O)Nc2ccc(F)cc2)cc1Cl.